The maximum atomic E-state index is 12.6. The number of ether oxygens (including phenoxy) is 2. The predicted octanol–water partition coefficient (Wildman–Crippen LogP) is 2.78. The van der Waals surface area contributed by atoms with E-state index in [9.17, 15) is 9.59 Å². The molecule has 1 aliphatic heterocycles. The van der Waals surface area contributed by atoms with Gasteiger partial charge in [-0.2, -0.15) is 5.10 Å². The quantitative estimate of drug-likeness (QED) is 0.780. The van der Waals surface area contributed by atoms with E-state index >= 15 is 0 Å². The van der Waals surface area contributed by atoms with Gasteiger partial charge in [0.05, 0.1) is 11.5 Å². The van der Waals surface area contributed by atoms with E-state index in [4.69, 9.17) is 9.47 Å². The van der Waals surface area contributed by atoms with E-state index in [0.29, 0.717) is 23.9 Å². The minimum absolute atomic E-state index is 0.0504. The summed E-state index contributed by atoms with van der Waals surface area (Å²) in [6, 6.07) is 7.03. The van der Waals surface area contributed by atoms with Crippen molar-refractivity contribution in [2.45, 2.75) is 45.8 Å². The second-order valence-electron chi connectivity index (χ2n) is 6.86. The Bertz CT molecular complexity index is 807. The van der Waals surface area contributed by atoms with E-state index in [1.54, 1.807) is 24.3 Å². The molecule has 0 bridgehead atoms. The Hall–Kier alpha value is -2.21. The fourth-order valence-electron chi connectivity index (χ4n) is 3.03. The van der Waals surface area contributed by atoms with Gasteiger partial charge in [-0.15, -0.1) is 0 Å². The van der Waals surface area contributed by atoms with Crippen molar-refractivity contribution in [1.82, 2.24) is 9.78 Å². The highest BCUT2D eigenvalue weighted by Crippen LogP contribution is 2.17. The van der Waals surface area contributed by atoms with Gasteiger partial charge in [-0.1, -0.05) is 32.0 Å². The van der Waals surface area contributed by atoms with Crippen LogP contribution in [-0.4, -0.2) is 35.1 Å². The first-order chi connectivity index (χ1) is 12.1. The van der Waals surface area contributed by atoms with Crippen molar-refractivity contribution in [3.05, 3.63) is 40.3 Å². The van der Waals surface area contributed by atoms with E-state index in [0.717, 1.165) is 19.3 Å². The number of benzene rings is 1. The van der Waals surface area contributed by atoms with Crippen LogP contribution in [0.25, 0.3) is 10.8 Å². The van der Waals surface area contributed by atoms with Crippen LogP contribution in [0.2, 0.25) is 0 Å². The second kappa shape index (κ2) is 7.78. The molecule has 1 fully saturated rings. The molecule has 1 atom stereocenters. The summed E-state index contributed by atoms with van der Waals surface area (Å²) < 4.78 is 12.4. The van der Waals surface area contributed by atoms with Crippen LogP contribution in [0.1, 0.15) is 43.6 Å². The zero-order valence-corrected chi connectivity index (χ0v) is 14.7. The van der Waals surface area contributed by atoms with Crippen LogP contribution in [0, 0.1) is 5.92 Å². The van der Waals surface area contributed by atoms with Crippen molar-refractivity contribution in [3.8, 4) is 0 Å². The van der Waals surface area contributed by atoms with Crippen molar-refractivity contribution in [2.75, 3.05) is 13.2 Å². The number of hydrogen-bond donors (Lipinski definition) is 0. The van der Waals surface area contributed by atoms with Crippen LogP contribution >= 0.6 is 0 Å². The van der Waals surface area contributed by atoms with Crippen molar-refractivity contribution in [3.63, 3.8) is 0 Å². The van der Waals surface area contributed by atoms with Crippen LogP contribution in [-0.2, 0) is 16.0 Å². The molecular formula is C19H24N2O4. The van der Waals surface area contributed by atoms with Crippen LogP contribution < -0.4 is 5.56 Å². The Morgan fingerprint density at radius 2 is 2.08 bits per heavy atom. The van der Waals surface area contributed by atoms with Gasteiger partial charge in [-0.25, -0.2) is 9.48 Å². The molecule has 1 aromatic carbocycles. The molecule has 0 radical (unpaired) electrons. The zero-order chi connectivity index (χ0) is 17.8. The molecule has 1 aromatic heterocycles. The van der Waals surface area contributed by atoms with Crippen LogP contribution in [0.3, 0.4) is 0 Å². The summed E-state index contributed by atoms with van der Waals surface area (Å²) in [5.74, 6) is -0.270. The molecule has 1 unspecified atom stereocenters. The maximum Gasteiger partial charge on any atom is 0.359 e. The molecule has 3 rings (SSSR count). The molecule has 25 heavy (non-hydrogen) atoms. The maximum absolute atomic E-state index is 12.6. The zero-order valence-electron chi connectivity index (χ0n) is 14.7. The Kier molecular flexibility index (Phi) is 5.48. The van der Waals surface area contributed by atoms with Gasteiger partial charge < -0.3 is 9.47 Å². The standard InChI is InChI=1S/C19H24N2O4/c1-13(2)11-21-18(22)16-9-4-3-8-15(16)17(20-21)19(23)25-12-14-7-5-6-10-24-14/h3-4,8-9,13-14H,5-7,10-12H2,1-2H3. The molecule has 6 nitrogen and oxygen atoms in total. The smallest absolute Gasteiger partial charge is 0.359 e. The molecule has 134 valence electrons. The Labute approximate surface area is 146 Å². The highest BCUT2D eigenvalue weighted by Gasteiger charge is 2.21. The van der Waals surface area contributed by atoms with Gasteiger partial charge in [0.15, 0.2) is 5.69 Å². The van der Waals surface area contributed by atoms with Crippen LogP contribution in [0.5, 0.6) is 0 Å². The summed E-state index contributed by atoms with van der Waals surface area (Å²) in [5.41, 5.74) is 0.00289. The van der Waals surface area contributed by atoms with Gasteiger partial charge in [0, 0.05) is 18.5 Å². The molecule has 6 heteroatoms. The van der Waals surface area contributed by atoms with E-state index in [2.05, 4.69) is 5.10 Å². The summed E-state index contributed by atoms with van der Waals surface area (Å²) in [5, 5.41) is 5.31. The molecular weight excluding hydrogens is 320 g/mol. The van der Waals surface area contributed by atoms with Crippen molar-refractivity contribution >= 4 is 16.7 Å². The first-order valence-electron chi connectivity index (χ1n) is 8.85. The third-order valence-corrected chi connectivity index (χ3v) is 4.27. The number of aromatic nitrogens is 2. The third kappa shape index (κ3) is 4.07. The SMILES string of the molecule is CC(C)Cn1nc(C(=O)OCC2CCCCO2)c2ccccc2c1=O. The van der Waals surface area contributed by atoms with Gasteiger partial charge in [0.1, 0.15) is 6.61 Å². The molecule has 0 saturated carbocycles. The number of carbonyl (C=O) groups is 1. The molecule has 0 N–H and O–H groups in total. The lowest BCUT2D eigenvalue weighted by Crippen LogP contribution is -2.30. The van der Waals surface area contributed by atoms with Crippen molar-refractivity contribution in [1.29, 1.82) is 0 Å². The highest BCUT2D eigenvalue weighted by atomic mass is 16.6. The number of fused-ring (bicyclic) bond motifs is 1. The van der Waals surface area contributed by atoms with Crippen molar-refractivity contribution < 1.29 is 14.3 Å². The molecule has 2 aromatic rings. The number of hydrogen-bond acceptors (Lipinski definition) is 5. The third-order valence-electron chi connectivity index (χ3n) is 4.27. The van der Waals surface area contributed by atoms with Crippen LogP contribution in [0.4, 0.5) is 0 Å². The lowest BCUT2D eigenvalue weighted by Gasteiger charge is -2.22. The molecule has 0 spiro atoms. The van der Waals surface area contributed by atoms with E-state index < -0.39 is 5.97 Å². The Morgan fingerprint density at radius 1 is 1.32 bits per heavy atom. The first-order valence-corrected chi connectivity index (χ1v) is 8.85. The molecule has 2 heterocycles. The number of rotatable bonds is 5. The molecule has 1 aliphatic rings. The Morgan fingerprint density at radius 3 is 2.76 bits per heavy atom. The first kappa shape index (κ1) is 17.6. The lowest BCUT2D eigenvalue weighted by molar-refractivity contribution is -0.0302. The number of carbonyl (C=O) groups excluding carboxylic acids is 1. The monoisotopic (exact) mass is 344 g/mol. The molecule has 0 aliphatic carbocycles. The van der Waals surface area contributed by atoms with Gasteiger partial charge in [-0.05, 0) is 31.2 Å². The summed E-state index contributed by atoms with van der Waals surface area (Å²) in [6.45, 7) is 5.39. The van der Waals surface area contributed by atoms with E-state index in [1.165, 1.54) is 4.68 Å². The average Bonchev–Trinajstić information content (AvgIpc) is 2.62. The summed E-state index contributed by atoms with van der Waals surface area (Å²) >= 11 is 0. The predicted molar refractivity (Wildman–Crippen MR) is 94.7 cm³/mol. The fourth-order valence-corrected chi connectivity index (χ4v) is 3.03. The second-order valence-corrected chi connectivity index (χ2v) is 6.86. The summed E-state index contributed by atoms with van der Waals surface area (Å²) in [4.78, 5) is 25.2. The van der Waals surface area contributed by atoms with Gasteiger partial charge >= 0.3 is 5.97 Å². The largest absolute Gasteiger partial charge is 0.458 e. The molecule has 0 amide bonds. The fraction of sp³-hybridized carbons (Fsp3) is 0.526. The van der Waals surface area contributed by atoms with Crippen LogP contribution in [0.15, 0.2) is 29.1 Å². The summed E-state index contributed by atoms with van der Waals surface area (Å²) in [7, 11) is 0. The average molecular weight is 344 g/mol. The van der Waals surface area contributed by atoms with Gasteiger partial charge in [0.25, 0.3) is 5.56 Å². The Balaban J connectivity index is 1.89. The van der Waals surface area contributed by atoms with E-state index in [1.807, 2.05) is 13.8 Å². The highest BCUT2D eigenvalue weighted by molar-refractivity contribution is 6.02. The normalized spacial score (nSPS) is 17.8. The minimum Gasteiger partial charge on any atom is -0.458 e. The summed E-state index contributed by atoms with van der Waals surface area (Å²) in [6.07, 6.45) is 2.99. The number of nitrogens with zero attached hydrogens (tertiary/aromatic N) is 2. The topological polar surface area (TPSA) is 70.4 Å². The molecule has 1 saturated heterocycles. The number of esters is 1. The van der Waals surface area contributed by atoms with E-state index in [-0.39, 0.29) is 29.9 Å². The minimum atomic E-state index is -0.511. The lowest BCUT2D eigenvalue weighted by atomic mass is 10.1. The van der Waals surface area contributed by atoms with Crippen molar-refractivity contribution in [2.24, 2.45) is 5.92 Å². The van der Waals surface area contributed by atoms with Gasteiger partial charge in [0.2, 0.25) is 0 Å². The van der Waals surface area contributed by atoms with Gasteiger partial charge in [-0.3, -0.25) is 4.79 Å².